The van der Waals surface area contributed by atoms with E-state index in [-0.39, 0.29) is 29.5 Å². The van der Waals surface area contributed by atoms with Crippen LogP contribution in [0.2, 0.25) is 0 Å². The van der Waals surface area contributed by atoms with Crippen molar-refractivity contribution in [1.29, 1.82) is 0 Å². The Labute approximate surface area is 157 Å². The fourth-order valence-electron chi connectivity index (χ4n) is 7.19. The van der Waals surface area contributed by atoms with E-state index in [4.69, 9.17) is 8.74 Å². The highest BCUT2D eigenvalue weighted by Crippen LogP contribution is 2.66. The molecule has 0 aromatic carbocycles. The lowest BCUT2D eigenvalue weighted by molar-refractivity contribution is -0.0548. The minimum absolute atomic E-state index is 0.0989. The highest BCUT2D eigenvalue weighted by molar-refractivity contribution is 7.80. The molecule has 4 aliphatic rings. The van der Waals surface area contributed by atoms with Crippen LogP contribution in [0.25, 0.3) is 0 Å². The van der Waals surface area contributed by atoms with Crippen LogP contribution in [-0.2, 0) is 14.6 Å². The predicted molar refractivity (Wildman–Crippen MR) is 98.7 cm³/mol. The smallest absolute Gasteiger partial charge is 0.393 e. The van der Waals surface area contributed by atoms with Gasteiger partial charge in [-0.1, -0.05) is 25.5 Å². The summed E-state index contributed by atoms with van der Waals surface area (Å²) in [4.78, 5) is 0. The summed E-state index contributed by atoms with van der Waals surface area (Å²) < 4.78 is 35.7. The normalized spacial score (nSPS) is 48.3. The Morgan fingerprint density at radius 1 is 1.15 bits per heavy atom. The van der Waals surface area contributed by atoms with Gasteiger partial charge in [0.15, 0.2) is 0 Å². The third kappa shape index (κ3) is 2.97. The van der Waals surface area contributed by atoms with Crippen molar-refractivity contribution in [2.24, 2.45) is 34.5 Å². The number of aliphatic hydroxyl groups is 1. The Hall–Kier alpha value is -0.430. The number of hydrogen-bond acceptors (Lipinski definition) is 4. The Morgan fingerprint density at radius 3 is 2.65 bits per heavy atom. The van der Waals surface area contributed by atoms with E-state index in [1.807, 2.05) is 0 Å². The average molecular weight is 385 g/mol. The SMILES string of the molecule is C[C@]12CC[C@H](O)CC1=CCC1C2CC[C@@]2(C)C1CC[C@@H]2COS(=O)(=O)O. The molecule has 3 saturated carbocycles. The maximum atomic E-state index is 11.0. The van der Waals surface area contributed by atoms with E-state index in [1.165, 1.54) is 12.0 Å². The van der Waals surface area contributed by atoms with Gasteiger partial charge in [0.05, 0.1) is 12.7 Å². The van der Waals surface area contributed by atoms with Crippen molar-refractivity contribution in [2.45, 2.75) is 71.3 Å². The van der Waals surface area contributed by atoms with E-state index in [9.17, 15) is 13.5 Å². The second-order valence-electron chi connectivity index (χ2n) is 9.69. The molecule has 3 unspecified atom stereocenters. The van der Waals surface area contributed by atoms with E-state index in [1.54, 1.807) is 0 Å². The fraction of sp³-hybridized carbons (Fsp3) is 0.900. The van der Waals surface area contributed by atoms with Crippen molar-refractivity contribution in [2.75, 3.05) is 6.61 Å². The third-order valence-corrected chi connectivity index (χ3v) is 9.13. The maximum Gasteiger partial charge on any atom is 0.397 e. The van der Waals surface area contributed by atoms with Crippen molar-refractivity contribution in [3.8, 4) is 0 Å². The lowest BCUT2D eigenvalue weighted by atomic mass is 9.47. The van der Waals surface area contributed by atoms with Gasteiger partial charge in [0.2, 0.25) is 0 Å². The molecule has 0 aromatic rings. The molecule has 0 amide bonds. The highest BCUT2D eigenvalue weighted by atomic mass is 32.3. The molecule has 0 aliphatic heterocycles. The Bertz CT molecular complexity index is 701. The molecule has 2 N–H and O–H groups in total. The molecule has 4 aliphatic carbocycles. The fourth-order valence-corrected chi connectivity index (χ4v) is 7.53. The van der Waals surface area contributed by atoms with Crippen LogP contribution in [-0.4, -0.2) is 30.8 Å². The summed E-state index contributed by atoms with van der Waals surface area (Å²) in [5, 5.41) is 10.1. The highest BCUT2D eigenvalue weighted by Gasteiger charge is 2.58. The van der Waals surface area contributed by atoms with E-state index in [2.05, 4.69) is 19.9 Å². The van der Waals surface area contributed by atoms with E-state index < -0.39 is 10.4 Å². The van der Waals surface area contributed by atoms with Gasteiger partial charge in [0.1, 0.15) is 0 Å². The molecule has 3 fully saturated rings. The van der Waals surface area contributed by atoms with E-state index in [0.29, 0.717) is 17.8 Å². The summed E-state index contributed by atoms with van der Waals surface area (Å²) in [5.74, 6) is 2.11. The molecule has 0 heterocycles. The quantitative estimate of drug-likeness (QED) is 0.572. The van der Waals surface area contributed by atoms with Crippen molar-refractivity contribution in [3.05, 3.63) is 11.6 Å². The van der Waals surface area contributed by atoms with Crippen LogP contribution in [0.3, 0.4) is 0 Å². The molecule has 26 heavy (non-hydrogen) atoms. The van der Waals surface area contributed by atoms with Crippen LogP contribution in [0.1, 0.15) is 65.2 Å². The summed E-state index contributed by atoms with van der Waals surface area (Å²) in [6.07, 6.45) is 10.5. The summed E-state index contributed by atoms with van der Waals surface area (Å²) in [6, 6.07) is 0. The Balaban J connectivity index is 1.56. The minimum atomic E-state index is -4.36. The zero-order chi connectivity index (χ0) is 18.7. The maximum absolute atomic E-state index is 11.0. The molecule has 5 nitrogen and oxygen atoms in total. The summed E-state index contributed by atoms with van der Waals surface area (Å²) in [6.45, 7) is 4.83. The monoisotopic (exact) mass is 384 g/mol. The van der Waals surface area contributed by atoms with Crippen LogP contribution in [0.4, 0.5) is 0 Å². The summed E-state index contributed by atoms with van der Waals surface area (Å²) >= 11 is 0. The van der Waals surface area contributed by atoms with Gasteiger partial charge in [-0.3, -0.25) is 4.55 Å². The van der Waals surface area contributed by atoms with Crippen molar-refractivity contribution in [3.63, 3.8) is 0 Å². The number of rotatable bonds is 3. The van der Waals surface area contributed by atoms with Gasteiger partial charge >= 0.3 is 10.4 Å². The lowest BCUT2D eigenvalue weighted by Crippen LogP contribution is -2.50. The molecule has 4 rings (SSSR count). The molecule has 0 saturated heterocycles. The molecule has 0 bridgehead atoms. The first kappa shape index (κ1) is 18.9. The van der Waals surface area contributed by atoms with Crippen LogP contribution in [0.15, 0.2) is 11.6 Å². The standard InChI is InChI=1S/C20H32O5S/c1-19-9-7-15(21)11-13(19)3-5-16-17-6-4-14(12-25-26(22,23)24)20(17,2)10-8-18(16)19/h3,14-18,21H,4-12H2,1-2H3,(H,22,23,24)/t14-,15+,16?,17?,18?,19+,20-/m1/s1. The number of allylic oxidation sites excluding steroid dienone is 1. The molecule has 148 valence electrons. The largest absolute Gasteiger partial charge is 0.397 e. The van der Waals surface area contributed by atoms with Crippen LogP contribution in [0.5, 0.6) is 0 Å². The molecular weight excluding hydrogens is 352 g/mol. The van der Waals surface area contributed by atoms with Gasteiger partial charge in [0.25, 0.3) is 0 Å². The molecule has 0 radical (unpaired) electrons. The second-order valence-corrected chi connectivity index (χ2v) is 10.8. The van der Waals surface area contributed by atoms with Crippen molar-refractivity contribution < 1.29 is 22.3 Å². The third-order valence-electron chi connectivity index (χ3n) is 8.69. The minimum Gasteiger partial charge on any atom is -0.393 e. The van der Waals surface area contributed by atoms with E-state index in [0.717, 1.165) is 44.9 Å². The molecule has 0 spiro atoms. The van der Waals surface area contributed by atoms with Gasteiger partial charge in [-0.05, 0) is 85.9 Å². The van der Waals surface area contributed by atoms with E-state index >= 15 is 0 Å². The molecule has 0 aromatic heterocycles. The number of hydrogen-bond donors (Lipinski definition) is 2. The first-order chi connectivity index (χ1) is 12.1. The van der Waals surface area contributed by atoms with Gasteiger partial charge in [-0.2, -0.15) is 8.42 Å². The zero-order valence-electron chi connectivity index (χ0n) is 15.9. The number of aliphatic hydroxyl groups excluding tert-OH is 1. The van der Waals surface area contributed by atoms with Crippen molar-refractivity contribution in [1.82, 2.24) is 0 Å². The Kier molecular flexibility index (Phi) is 4.58. The van der Waals surface area contributed by atoms with Gasteiger partial charge in [0, 0.05) is 0 Å². The second kappa shape index (κ2) is 6.29. The first-order valence-corrected chi connectivity index (χ1v) is 11.5. The average Bonchev–Trinajstić information content (AvgIpc) is 2.89. The van der Waals surface area contributed by atoms with Crippen LogP contribution in [0, 0.1) is 34.5 Å². The first-order valence-electron chi connectivity index (χ1n) is 10.1. The topological polar surface area (TPSA) is 83.8 Å². The van der Waals surface area contributed by atoms with Gasteiger partial charge in [-0.15, -0.1) is 0 Å². The molecule has 7 atom stereocenters. The number of fused-ring (bicyclic) bond motifs is 5. The van der Waals surface area contributed by atoms with Gasteiger partial charge < -0.3 is 5.11 Å². The lowest BCUT2D eigenvalue weighted by Gasteiger charge is -2.58. The predicted octanol–water partition coefficient (Wildman–Crippen LogP) is 3.75. The molecule has 6 heteroatoms. The van der Waals surface area contributed by atoms with Crippen LogP contribution < -0.4 is 0 Å². The zero-order valence-corrected chi connectivity index (χ0v) is 16.7. The summed E-state index contributed by atoms with van der Waals surface area (Å²) in [7, 11) is -4.36. The van der Waals surface area contributed by atoms with Gasteiger partial charge in [-0.25, -0.2) is 4.18 Å². The Morgan fingerprint density at radius 2 is 1.92 bits per heavy atom. The van der Waals surface area contributed by atoms with Crippen LogP contribution >= 0.6 is 0 Å². The van der Waals surface area contributed by atoms with Crippen molar-refractivity contribution >= 4 is 10.4 Å². The summed E-state index contributed by atoms with van der Waals surface area (Å²) in [5.41, 5.74) is 1.80. The molecular formula is C20H32O5S.